The molecule has 0 aliphatic carbocycles. The molecule has 0 aliphatic heterocycles. The van der Waals surface area contributed by atoms with Gasteiger partial charge in [-0.15, -0.1) is 11.3 Å². The highest BCUT2D eigenvalue weighted by Gasteiger charge is 2.18. The Balaban J connectivity index is 1.77. The molecule has 3 aromatic rings. The first-order valence-corrected chi connectivity index (χ1v) is 9.48. The van der Waals surface area contributed by atoms with Gasteiger partial charge >= 0.3 is 0 Å². The van der Waals surface area contributed by atoms with Gasteiger partial charge in [0.1, 0.15) is 4.83 Å². The number of hydrogen-bond donors (Lipinski definition) is 2. The third-order valence-electron chi connectivity index (χ3n) is 3.89. The van der Waals surface area contributed by atoms with Crippen molar-refractivity contribution < 1.29 is 14.3 Å². The highest BCUT2D eigenvalue weighted by Crippen LogP contribution is 2.32. The van der Waals surface area contributed by atoms with Gasteiger partial charge in [-0.1, -0.05) is 23.7 Å². The number of thiophene rings is 1. The fourth-order valence-electron chi connectivity index (χ4n) is 2.55. The summed E-state index contributed by atoms with van der Waals surface area (Å²) in [5.41, 5.74) is 1.56. The Morgan fingerprint density at radius 1 is 1.30 bits per heavy atom. The topological polar surface area (TPSA) is 85.2 Å². The molecule has 3 rings (SSSR count). The lowest BCUT2D eigenvalue weighted by Crippen LogP contribution is -2.37. The number of hydrogen-bond acceptors (Lipinski definition) is 5. The number of carbonyl (C=O) groups excluding carboxylic acids is 2. The fourth-order valence-corrected chi connectivity index (χ4v) is 3.86. The summed E-state index contributed by atoms with van der Waals surface area (Å²) in [5, 5.41) is 11.3. The zero-order valence-electron chi connectivity index (χ0n) is 14.9. The third kappa shape index (κ3) is 4.29. The van der Waals surface area contributed by atoms with Crippen molar-refractivity contribution in [2.24, 2.45) is 0 Å². The van der Waals surface area contributed by atoms with Crippen molar-refractivity contribution in [3.63, 3.8) is 0 Å². The molecule has 2 N–H and O–H groups in total. The molecule has 0 spiro atoms. The molecule has 2 heterocycles. The summed E-state index contributed by atoms with van der Waals surface area (Å²) < 4.78 is 6.60. The van der Waals surface area contributed by atoms with Crippen LogP contribution < -0.4 is 10.6 Å². The lowest BCUT2D eigenvalue weighted by Gasteiger charge is -2.06. The van der Waals surface area contributed by atoms with E-state index in [0.717, 1.165) is 21.6 Å². The molecule has 27 heavy (non-hydrogen) atoms. The molecule has 0 fully saturated rings. The minimum Gasteiger partial charge on any atom is -0.383 e. The number of para-hydroxylation sites is 1. The van der Waals surface area contributed by atoms with Crippen LogP contribution in [0.25, 0.3) is 15.9 Å². The van der Waals surface area contributed by atoms with E-state index in [1.54, 1.807) is 23.9 Å². The first-order chi connectivity index (χ1) is 13.0. The standard InChI is InChI=1S/C18H19ClN4O3S/c1-11-12-9-15(17(25)21-10-16(24)20-7-8-26-2)27-18(12)23(22-11)14-6-4-3-5-13(14)19/h3-6,9H,7-8,10H2,1-2H3,(H,20,24)(H,21,25). The van der Waals surface area contributed by atoms with Crippen molar-refractivity contribution in [2.45, 2.75) is 6.92 Å². The summed E-state index contributed by atoms with van der Waals surface area (Å²) in [7, 11) is 1.56. The summed E-state index contributed by atoms with van der Waals surface area (Å²) in [5.74, 6) is -0.567. The third-order valence-corrected chi connectivity index (χ3v) is 5.32. The first-order valence-electron chi connectivity index (χ1n) is 8.29. The van der Waals surface area contributed by atoms with Crippen LogP contribution in [0.1, 0.15) is 15.4 Å². The summed E-state index contributed by atoms with van der Waals surface area (Å²) in [6.07, 6.45) is 0. The molecule has 7 nitrogen and oxygen atoms in total. The second-order valence-corrected chi connectivity index (χ2v) is 7.24. The second kappa shape index (κ2) is 8.51. The maximum atomic E-state index is 12.4. The van der Waals surface area contributed by atoms with Gasteiger partial charge in [0.2, 0.25) is 5.91 Å². The number of halogens is 1. The van der Waals surface area contributed by atoms with E-state index >= 15 is 0 Å². The largest absolute Gasteiger partial charge is 0.383 e. The van der Waals surface area contributed by atoms with Crippen LogP contribution in [0.4, 0.5) is 0 Å². The number of aromatic nitrogens is 2. The van der Waals surface area contributed by atoms with Gasteiger partial charge in [-0.3, -0.25) is 9.59 Å². The zero-order chi connectivity index (χ0) is 19.4. The van der Waals surface area contributed by atoms with E-state index in [4.69, 9.17) is 16.3 Å². The van der Waals surface area contributed by atoms with Gasteiger partial charge in [0, 0.05) is 19.0 Å². The molecule has 142 valence electrons. The first kappa shape index (κ1) is 19.3. The minimum absolute atomic E-state index is 0.0909. The average molecular weight is 407 g/mol. The van der Waals surface area contributed by atoms with Crippen molar-refractivity contribution in [3.8, 4) is 5.69 Å². The molecule has 0 saturated heterocycles. The summed E-state index contributed by atoms with van der Waals surface area (Å²) in [4.78, 5) is 25.5. The number of nitrogens with zero attached hydrogens (tertiary/aromatic N) is 2. The van der Waals surface area contributed by atoms with Crippen molar-refractivity contribution in [1.29, 1.82) is 0 Å². The zero-order valence-corrected chi connectivity index (χ0v) is 16.5. The van der Waals surface area contributed by atoms with Crippen LogP contribution in [0.15, 0.2) is 30.3 Å². The predicted octanol–water partition coefficient (Wildman–Crippen LogP) is 2.54. The smallest absolute Gasteiger partial charge is 0.261 e. The van der Waals surface area contributed by atoms with Gasteiger partial charge < -0.3 is 15.4 Å². The predicted molar refractivity (Wildman–Crippen MR) is 106 cm³/mol. The lowest BCUT2D eigenvalue weighted by molar-refractivity contribution is -0.120. The van der Waals surface area contributed by atoms with Crippen LogP contribution in [0.5, 0.6) is 0 Å². The van der Waals surface area contributed by atoms with Crippen LogP contribution in [-0.2, 0) is 9.53 Å². The Labute approximate surface area is 165 Å². The average Bonchev–Trinajstić information content (AvgIpc) is 3.21. The summed E-state index contributed by atoms with van der Waals surface area (Å²) >= 11 is 7.59. The molecule has 2 aromatic heterocycles. The fraction of sp³-hybridized carbons (Fsp3) is 0.278. The lowest BCUT2D eigenvalue weighted by atomic mass is 10.3. The Hall–Kier alpha value is -2.42. The minimum atomic E-state index is -0.303. The number of fused-ring (bicyclic) bond motifs is 1. The van der Waals surface area contributed by atoms with Crippen LogP contribution in [0, 0.1) is 6.92 Å². The van der Waals surface area contributed by atoms with Gasteiger partial charge in [-0.2, -0.15) is 5.10 Å². The molecule has 0 unspecified atom stereocenters. The Bertz CT molecular complexity index is 982. The Morgan fingerprint density at radius 3 is 2.81 bits per heavy atom. The molecule has 0 bridgehead atoms. The molecule has 0 radical (unpaired) electrons. The maximum Gasteiger partial charge on any atom is 0.261 e. The van der Waals surface area contributed by atoms with Crippen molar-refractivity contribution >= 4 is 45.0 Å². The second-order valence-electron chi connectivity index (χ2n) is 5.80. The van der Waals surface area contributed by atoms with Gasteiger partial charge in [0.15, 0.2) is 0 Å². The number of ether oxygens (including phenoxy) is 1. The normalized spacial score (nSPS) is 10.9. The summed E-state index contributed by atoms with van der Waals surface area (Å²) in [6.45, 7) is 2.62. The van der Waals surface area contributed by atoms with Crippen molar-refractivity contribution in [2.75, 3.05) is 26.8 Å². The van der Waals surface area contributed by atoms with E-state index < -0.39 is 0 Å². The van der Waals surface area contributed by atoms with E-state index in [2.05, 4.69) is 15.7 Å². The number of nitrogens with one attached hydrogen (secondary N) is 2. The van der Waals surface area contributed by atoms with Gasteiger partial charge in [-0.25, -0.2) is 4.68 Å². The number of aryl methyl sites for hydroxylation is 1. The Kier molecular flexibility index (Phi) is 6.10. The van der Waals surface area contributed by atoms with E-state index in [9.17, 15) is 9.59 Å². The number of amides is 2. The van der Waals surface area contributed by atoms with E-state index in [1.165, 1.54) is 11.3 Å². The van der Waals surface area contributed by atoms with Crippen LogP contribution in [0.3, 0.4) is 0 Å². The van der Waals surface area contributed by atoms with Gasteiger partial charge in [-0.05, 0) is 25.1 Å². The quantitative estimate of drug-likeness (QED) is 0.590. The molecule has 2 amide bonds. The monoisotopic (exact) mass is 406 g/mol. The molecular weight excluding hydrogens is 388 g/mol. The Morgan fingerprint density at radius 2 is 2.07 bits per heavy atom. The highest BCUT2D eigenvalue weighted by atomic mass is 35.5. The molecule has 9 heteroatoms. The van der Waals surface area contributed by atoms with E-state index in [0.29, 0.717) is 23.1 Å². The van der Waals surface area contributed by atoms with Crippen LogP contribution >= 0.6 is 22.9 Å². The molecule has 0 aliphatic rings. The molecule has 0 saturated carbocycles. The van der Waals surface area contributed by atoms with E-state index in [1.807, 2.05) is 25.1 Å². The van der Waals surface area contributed by atoms with Gasteiger partial charge in [0.25, 0.3) is 5.91 Å². The van der Waals surface area contributed by atoms with Crippen LogP contribution in [-0.4, -0.2) is 48.4 Å². The number of carbonyl (C=O) groups is 2. The maximum absolute atomic E-state index is 12.4. The number of rotatable bonds is 7. The molecular formula is C18H19ClN4O3S. The van der Waals surface area contributed by atoms with Crippen molar-refractivity contribution in [1.82, 2.24) is 20.4 Å². The number of methoxy groups -OCH3 is 1. The highest BCUT2D eigenvalue weighted by molar-refractivity contribution is 7.20. The molecule has 1 aromatic carbocycles. The molecule has 0 atom stereocenters. The van der Waals surface area contributed by atoms with Crippen LogP contribution in [0.2, 0.25) is 5.02 Å². The SMILES string of the molecule is COCCNC(=O)CNC(=O)c1cc2c(C)nn(-c3ccccc3Cl)c2s1. The van der Waals surface area contributed by atoms with Crippen molar-refractivity contribution in [3.05, 3.63) is 45.9 Å². The summed E-state index contributed by atoms with van der Waals surface area (Å²) in [6, 6.07) is 9.19. The number of benzene rings is 1. The van der Waals surface area contributed by atoms with E-state index in [-0.39, 0.29) is 18.4 Å². The van der Waals surface area contributed by atoms with Gasteiger partial charge in [0.05, 0.1) is 34.4 Å².